The largest absolute Gasteiger partial charge is 0.454 e. The molecule has 0 radical (unpaired) electrons. The Morgan fingerprint density at radius 1 is 1.21 bits per heavy atom. The monoisotopic (exact) mass is 382 g/mol. The van der Waals surface area contributed by atoms with Crippen molar-refractivity contribution in [1.82, 2.24) is 4.98 Å². The van der Waals surface area contributed by atoms with E-state index >= 15 is 0 Å². The van der Waals surface area contributed by atoms with Crippen LogP contribution >= 0.6 is 35.4 Å². The van der Waals surface area contributed by atoms with Crippen LogP contribution in [0.1, 0.15) is 24.3 Å². The standard InChI is InChI=1S/C17H16Cl2N2O2S/c1-11(2)21(13-8-6-12(18)7-9-13)16(24)10-23-17(22)14-4-3-5-15(19)20-14/h3-9,11H,10H2,1-2H3. The lowest BCUT2D eigenvalue weighted by atomic mass is 10.2. The molecule has 7 heteroatoms. The number of pyridine rings is 1. The fourth-order valence-corrected chi connectivity index (χ4v) is 2.79. The van der Waals surface area contributed by atoms with E-state index in [1.54, 1.807) is 24.3 Å². The second kappa shape index (κ2) is 8.42. The molecule has 0 saturated heterocycles. The van der Waals surface area contributed by atoms with Crippen molar-refractivity contribution in [3.05, 3.63) is 58.3 Å². The molecule has 0 saturated carbocycles. The highest BCUT2D eigenvalue weighted by Gasteiger charge is 2.18. The highest BCUT2D eigenvalue weighted by atomic mass is 35.5. The molecule has 0 unspecified atom stereocenters. The lowest BCUT2D eigenvalue weighted by molar-refractivity contribution is 0.0557. The van der Waals surface area contributed by atoms with Gasteiger partial charge in [0.25, 0.3) is 0 Å². The molecule has 1 heterocycles. The molecule has 0 N–H and O–H groups in total. The summed E-state index contributed by atoms with van der Waals surface area (Å²) in [4.78, 5) is 18.3. The summed E-state index contributed by atoms with van der Waals surface area (Å²) in [5.41, 5.74) is 1.03. The Morgan fingerprint density at radius 2 is 1.88 bits per heavy atom. The van der Waals surface area contributed by atoms with Crippen LogP contribution in [0.5, 0.6) is 0 Å². The molecule has 0 spiro atoms. The topological polar surface area (TPSA) is 42.4 Å². The van der Waals surface area contributed by atoms with Crippen LogP contribution in [0, 0.1) is 0 Å². The molecule has 0 aliphatic heterocycles. The Hall–Kier alpha value is -1.69. The number of anilines is 1. The quantitative estimate of drug-likeness (QED) is 0.422. The smallest absolute Gasteiger partial charge is 0.357 e. The number of rotatable bonds is 5. The van der Waals surface area contributed by atoms with Gasteiger partial charge in [-0.15, -0.1) is 0 Å². The Labute approximate surface area is 156 Å². The number of thiocarbonyl (C=S) groups is 1. The SMILES string of the molecule is CC(C)N(C(=S)COC(=O)c1cccc(Cl)n1)c1ccc(Cl)cc1. The third-order valence-corrected chi connectivity index (χ3v) is 3.92. The normalized spacial score (nSPS) is 10.5. The molecule has 0 atom stereocenters. The maximum Gasteiger partial charge on any atom is 0.357 e. The zero-order chi connectivity index (χ0) is 17.7. The molecular formula is C17H16Cl2N2O2S. The highest BCUT2D eigenvalue weighted by molar-refractivity contribution is 7.80. The number of carbonyl (C=O) groups is 1. The average molecular weight is 383 g/mol. The Kier molecular flexibility index (Phi) is 6.54. The van der Waals surface area contributed by atoms with Gasteiger partial charge in [-0.05, 0) is 50.2 Å². The maximum atomic E-state index is 12.0. The van der Waals surface area contributed by atoms with Gasteiger partial charge < -0.3 is 9.64 Å². The van der Waals surface area contributed by atoms with Crippen molar-refractivity contribution in [2.45, 2.75) is 19.9 Å². The van der Waals surface area contributed by atoms with Crippen LogP contribution < -0.4 is 4.90 Å². The van der Waals surface area contributed by atoms with Gasteiger partial charge in [0.2, 0.25) is 0 Å². The maximum absolute atomic E-state index is 12.0. The first-order valence-electron chi connectivity index (χ1n) is 7.26. The van der Waals surface area contributed by atoms with Crippen LogP contribution in [0.3, 0.4) is 0 Å². The lowest BCUT2D eigenvalue weighted by Crippen LogP contribution is -2.38. The molecule has 0 aliphatic carbocycles. The van der Waals surface area contributed by atoms with Gasteiger partial charge in [0.05, 0.1) is 0 Å². The predicted octanol–water partition coefficient (Wildman–Crippen LogP) is 4.79. The number of hydrogen-bond donors (Lipinski definition) is 0. The molecule has 0 aliphatic rings. The highest BCUT2D eigenvalue weighted by Crippen LogP contribution is 2.21. The first kappa shape index (κ1) is 18.6. The summed E-state index contributed by atoms with van der Waals surface area (Å²) in [6, 6.07) is 12.2. The number of benzene rings is 1. The van der Waals surface area contributed by atoms with Crippen LogP contribution in [0.4, 0.5) is 5.69 Å². The Bertz CT molecular complexity index is 736. The van der Waals surface area contributed by atoms with Crippen LogP contribution in [0.25, 0.3) is 0 Å². The van der Waals surface area contributed by atoms with Gasteiger partial charge in [-0.1, -0.05) is 41.5 Å². The number of halogens is 2. The van der Waals surface area contributed by atoms with Crippen molar-refractivity contribution in [3.63, 3.8) is 0 Å². The van der Waals surface area contributed by atoms with Gasteiger partial charge in [0.1, 0.15) is 22.4 Å². The molecule has 0 amide bonds. The third-order valence-electron chi connectivity index (χ3n) is 3.14. The fraction of sp³-hybridized carbons (Fsp3) is 0.235. The van der Waals surface area contributed by atoms with E-state index in [0.29, 0.717) is 10.0 Å². The first-order valence-corrected chi connectivity index (χ1v) is 8.42. The molecule has 2 rings (SSSR count). The van der Waals surface area contributed by atoms with E-state index in [0.717, 1.165) is 5.69 Å². The molecule has 4 nitrogen and oxygen atoms in total. The van der Waals surface area contributed by atoms with Gasteiger partial charge >= 0.3 is 5.97 Å². The zero-order valence-electron chi connectivity index (χ0n) is 13.2. The summed E-state index contributed by atoms with van der Waals surface area (Å²) in [6.45, 7) is 3.98. The summed E-state index contributed by atoms with van der Waals surface area (Å²) in [6.07, 6.45) is 0. The summed E-state index contributed by atoms with van der Waals surface area (Å²) >= 11 is 17.1. The van der Waals surface area contributed by atoms with Gasteiger partial charge in [-0.25, -0.2) is 9.78 Å². The van der Waals surface area contributed by atoms with Crippen molar-refractivity contribution >= 4 is 52.1 Å². The van der Waals surface area contributed by atoms with Crippen molar-refractivity contribution < 1.29 is 9.53 Å². The molecule has 2 aromatic rings. The first-order chi connectivity index (χ1) is 11.4. The van der Waals surface area contributed by atoms with Crippen LogP contribution in [-0.4, -0.2) is 28.6 Å². The van der Waals surface area contributed by atoms with Crippen LogP contribution in [0.2, 0.25) is 10.2 Å². The summed E-state index contributed by atoms with van der Waals surface area (Å²) in [7, 11) is 0. The molecule has 0 fully saturated rings. The van der Waals surface area contributed by atoms with Crippen molar-refractivity contribution in [3.8, 4) is 0 Å². The van der Waals surface area contributed by atoms with E-state index in [-0.39, 0.29) is 23.5 Å². The summed E-state index contributed by atoms with van der Waals surface area (Å²) < 4.78 is 5.25. The predicted molar refractivity (Wildman–Crippen MR) is 101 cm³/mol. The second-order valence-electron chi connectivity index (χ2n) is 5.26. The minimum absolute atomic E-state index is 0.0246. The van der Waals surface area contributed by atoms with E-state index < -0.39 is 5.97 Å². The minimum Gasteiger partial charge on any atom is -0.454 e. The van der Waals surface area contributed by atoms with Gasteiger partial charge in [-0.2, -0.15) is 0 Å². The van der Waals surface area contributed by atoms with Crippen molar-refractivity contribution in [2.24, 2.45) is 0 Å². The molecular weight excluding hydrogens is 367 g/mol. The van der Waals surface area contributed by atoms with Crippen molar-refractivity contribution in [2.75, 3.05) is 11.5 Å². The third kappa shape index (κ3) is 4.90. The molecule has 1 aromatic heterocycles. The number of nitrogens with zero attached hydrogens (tertiary/aromatic N) is 2. The van der Waals surface area contributed by atoms with Gasteiger partial charge in [0.15, 0.2) is 0 Å². The number of carbonyl (C=O) groups excluding carboxylic acids is 1. The second-order valence-corrected chi connectivity index (χ2v) is 6.55. The minimum atomic E-state index is -0.570. The number of ether oxygens (including phenoxy) is 1. The van der Waals surface area contributed by atoms with E-state index in [2.05, 4.69) is 4.98 Å². The van der Waals surface area contributed by atoms with Gasteiger partial charge in [-0.3, -0.25) is 0 Å². The molecule has 24 heavy (non-hydrogen) atoms. The van der Waals surface area contributed by atoms with E-state index in [1.165, 1.54) is 6.07 Å². The van der Waals surface area contributed by atoms with E-state index in [9.17, 15) is 4.79 Å². The molecule has 1 aromatic carbocycles. The average Bonchev–Trinajstić information content (AvgIpc) is 2.54. The number of hydrogen-bond acceptors (Lipinski definition) is 4. The lowest BCUT2D eigenvalue weighted by Gasteiger charge is -2.29. The van der Waals surface area contributed by atoms with E-state index in [1.807, 2.05) is 30.9 Å². The molecule has 126 valence electrons. The van der Waals surface area contributed by atoms with Crippen LogP contribution in [0.15, 0.2) is 42.5 Å². The number of aromatic nitrogens is 1. The van der Waals surface area contributed by atoms with E-state index in [4.69, 9.17) is 40.2 Å². The zero-order valence-corrected chi connectivity index (χ0v) is 15.5. The summed E-state index contributed by atoms with van der Waals surface area (Å²) in [5.74, 6) is -0.570. The number of esters is 1. The Balaban J connectivity index is 2.06. The van der Waals surface area contributed by atoms with Crippen LogP contribution in [-0.2, 0) is 4.74 Å². The van der Waals surface area contributed by atoms with Crippen molar-refractivity contribution in [1.29, 1.82) is 0 Å². The fourth-order valence-electron chi connectivity index (χ4n) is 2.12. The van der Waals surface area contributed by atoms with Gasteiger partial charge in [0, 0.05) is 16.8 Å². The molecule has 0 bridgehead atoms. The summed E-state index contributed by atoms with van der Waals surface area (Å²) in [5, 5.41) is 0.879. The Morgan fingerprint density at radius 3 is 2.46 bits per heavy atom.